The Kier molecular flexibility index (Phi) is 5.42. The van der Waals surface area contributed by atoms with Crippen LogP contribution < -0.4 is 10.6 Å². The lowest BCUT2D eigenvalue weighted by Crippen LogP contribution is -2.34. The summed E-state index contributed by atoms with van der Waals surface area (Å²) < 4.78 is 0. The molecule has 0 aromatic heterocycles. The molecule has 0 aliphatic carbocycles. The summed E-state index contributed by atoms with van der Waals surface area (Å²) in [7, 11) is 0. The number of rotatable bonds is 2. The van der Waals surface area contributed by atoms with E-state index in [0.29, 0.717) is 26.3 Å². The van der Waals surface area contributed by atoms with E-state index in [1.807, 2.05) is 0 Å². The molecular formula is C14H9Cl3N2OS. The summed E-state index contributed by atoms with van der Waals surface area (Å²) in [5.41, 5.74) is 1.04. The molecule has 1 amide bonds. The summed E-state index contributed by atoms with van der Waals surface area (Å²) in [5.74, 6) is -0.336. The van der Waals surface area contributed by atoms with E-state index < -0.39 is 0 Å². The lowest BCUT2D eigenvalue weighted by molar-refractivity contribution is 0.0978. The summed E-state index contributed by atoms with van der Waals surface area (Å²) in [6.07, 6.45) is 0. The van der Waals surface area contributed by atoms with Crippen LogP contribution in [-0.2, 0) is 0 Å². The van der Waals surface area contributed by atoms with E-state index in [1.165, 1.54) is 0 Å². The van der Waals surface area contributed by atoms with E-state index in [4.69, 9.17) is 47.0 Å². The van der Waals surface area contributed by atoms with Crippen molar-refractivity contribution < 1.29 is 4.79 Å². The average Bonchev–Trinajstić information content (AvgIpc) is 2.37. The van der Waals surface area contributed by atoms with Gasteiger partial charge in [0.1, 0.15) is 0 Å². The molecular weight excluding hydrogens is 351 g/mol. The molecule has 108 valence electrons. The molecule has 0 radical (unpaired) electrons. The largest absolute Gasteiger partial charge is 0.332 e. The molecule has 0 unspecified atom stereocenters. The summed E-state index contributed by atoms with van der Waals surface area (Å²) in [6, 6.07) is 11.4. The minimum atomic E-state index is -0.336. The van der Waals surface area contributed by atoms with Gasteiger partial charge in [0.05, 0.1) is 0 Å². The zero-order valence-corrected chi connectivity index (χ0v) is 13.6. The van der Waals surface area contributed by atoms with Crippen molar-refractivity contribution >= 4 is 63.7 Å². The number of thiocarbonyl (C=S) groups is 1. The Balaban J connectivity index is 2.01. The minimum absolute atomic E-state index is 0.147. The number of carbonyl (C=O) groups is 1. The molecule has 0 bridgehead atoms. The number of hydrogen-bond acceptors (Lipinski definition) is 2. The molecule has 3 nitrogen and oxygen atoms in total. The van der Waals surface area contributed by atoms with Crippen LogP contribution in [0.3, 0.4) is 0 Å². The minimum Gasteiger partial charge on any atom is -0.332 e. The highest BCUT2D eigenvalue weighted by Gasteiger charge is 2.08. The number of nitrogens with one attached hydrogen (secondary N) is 2. The van der Waals surface area contributed by atoms with Gasteiger partial charge in [-0.3, -0.25) is 10.1 Å². The molecule has 2 aromatic carbocycles. The van der Waals surface area contributed by atoms with Crippen LogP contribution in [0.4, 0.5) is 5.69 Å². The zero-order valence-electron chi connectivity index (χ0n) is 10.5. The average molecular weight is 360 g/mol. The van der Waals surface area contributed by atoms with E-state index in [2.05, 4.69) is 10.6 Å². The van der Waals surface area contributed by atoms with Crippen LogP contribution in [0.1, 0.15) is 10.4 Å². The second kappa shape index (κ2) is 7.09. The predicted octanol–water partition coefficient (Wildman–Crippen LogP) is 4.77. The first-order chi connectivity index (χ1) is 9.94. The Morgan fingerprint density at radius 1 is 0.905 bits per heavy atom. The second-order valence-electron chi connectivity index (χ2n) is 4.07. The van der Waals surface area contributed by atoms with Crippen LogP contribution in [-0.4, -0.2) is 11.0 Å². The second-order valence-corrected chi connectivity index (χ2v) is 5.79. The van der Waals surface area contributed by atoms with Crippen LogP contribution in [0.2, 0.25) is 15.1 Å². The van der Waals surface area contributed by atoms with Gasteiger partial charge in [0, 0.05) is 26.3 Å². The number of amides is 1. The van der Waals surface area contributed by atoms with Crippen LogP contribution in [0.15, 0.2) is 42.5 Å². The van der Waals surface area contributed by atoms with Crippen LogP contribution in [0.25, 0.3) is 0 Å². The fourth-order valence-electron chi connectivity index (χ4n) is 1.56. The normalized spacial score (nSPS) is 10.0. The van der Waals surface area contributed by atoms with Gasteiger partial charge in [0.25, 0.3) is 5.91 Å². The highest BCUT2D eigenvalue weighted by Crippen LogP contribution is 2.22. The fourth-order valence-corrected chi connectivity index (χ4v) is 2.43. The number of carbonyl (C=O) groups excluding carboxylic acids is 1. The van der Waals surface area contributed by atoms with E-state index >= 15 is 0 Å². The van der Waals surface area contributed by atoms with Gasteiger partial charge in [-0.15, -0.1) is 0 Å². The third-order valence-electron chi connectivity index (χ3n) is 2.45. The van der Waals surface area contributed by atoms with Gasteiger partial charge < -0.3 is 5.32 Å². The van der Waals surface area contributed by atoms with Crippen molar-refractivity contribution in [1.82, 2.24) is 5.32 Å². The van der Waals surface area contributed by atoms with Crippen molar-refractivity contribution in [2.45, 2.75) is 0 Å². The number of benzene rings is 2. The summed E-state index contributed by atoms with van der Waals surface area (Å²) in [4.78, 5) is 12.0. The molecule has 0 atom stereocenters. The molecule has 2 N–H and O–H groups in total. The Morgan fingerprint density at radius 3 is 2.05 bits per heavy atom. The smallest absolute Gasteiger partial charge is 0.257 e. The summed E-state index contributed by atoms with van der Waals surface area (Å²) in [5, 5.41) is 7.04. The zero-order chi connectivity index (χ0) is 15.4. The predicted molar refractivity (Wildman–Crippen MR) is 91.6 cm³/mol. The fraction of sp³-hybridized carbons (Fsp3) is 0. The van der Waals surface area contributed by atoms with E-state index in [-0.39, 0.29) is 11.0 Å². The summed E-state index contributed by atoms with van der Waals surface area (Å²) >= 11 is 22.6. The number of anilines is 1. The Bertz CT molecular complexity index is 669. The summed E-state index contributed by atoms with van der Waals surface area (Å²) in [6.45, 7) is 0. The molecule has 0 saturated heterocycles. The number of halogens is 3. The molecule has 2 aromatic rings. The van der Waals surface area contributed by atoms with E-state index in [0.717, 1.165) is 0 Å². The molecule has 0 aliphatic rings. The third kappa shape index (κ3) is 4.86. The van der Waals surface area contributed by atoms with Crippen molar-refractivity contribution in [2.24, 2.45) is 0 Å². The maximum absolute atomic E-state index is 12.0. The van der Waals surface area contributed by atoms with Crippen LogP contribution >= 0.6 is 47.0 Å². The highest BCUT2D eigenvalue weighted by molar-refractivity contribution is 7.80. The van der Waals surface area contributed by atoms with Gasteiger partial charge >= 0.3 is 0 Å². The van der Waals surface area contributed by atoms with Gasteiger partial charge in [0.15, 0.2) is 5.11 Å². The highest BCUT2D eigenvalue weighted by atomic mass is 35.5. The van der Waals surface area contributed by atoms with Crippen molar-refractivity contribution in [1.29, 1.82) is 0 Å². The molecule has 7 heteroatoms. The van der Waals surface area contributed by atoms with Gasteiger partial charge in [-0.2, -0.15) is 0 Å². The lowest BCUT2D eigenvalue weighted by Gasteiger charge is -2.10. The van der Waals surface area contributed by atoms with Crippen molar-refractivity contribution in [3.05, 3.63) is 63.1 Å². The molecule has 2 rings (SSSR count). The van der Waals surface area contributed by atoms with Gasteiger partial charge in [-0.1, -0.05) is 34.8 Å². The Morgan fingerprint density at radius 2 is 1.48 bits per heavy atom. The quantitative estimate of drug-likeness (QED) is 0.759. The number of hydrogen-bond donors (Lipinski definition) is 2. The maximum Gasteiger partial charge on any atom is 0.257 e. The molecule has 0 heterocycles. The molecule has 0 fully saturated rings. The first kappa shape index (κ1) is 16.0. The lowest BCUT2D eigenvalue weighted by atomic mass is 10.2. The van der Waals surface area contributed by atoms with Crippen molar-refractivity contribution in [3.63, 3.8) is 0 Å². The first-order valence-corrected chi connectivity index (χ1v) is 7.32. The van der Waals surface area contributed by atoms with Crippen LogP contribution in [0.5, 0.6) is 0 Å². The first-order valence-electron chi connectivity index (χ1n) is 5.78. The SMILES string of the molecule is O=C(NC(=S)Nc1cc(Cl)cc(Cl)c1)c1ccc(Cl)cc1. The maximum atomic E-state index is 12.0. The van der Waals surface area contributed by atoms with Gasteiger partial charge in [-0.05, 0) is 54.7 Å². The molecule has 0 aliphatic heterocycles. The molecule has 0 spiro atoms. The van der Waals surface area contributed by atoms with E-state index in [9.17, 15) is 4.79 Å². The molecule has 21 heavy (non-hydrogen) atoms. The topological polar surface area (TPSA) is 41.1 Å². The standard InChI is InChI=1S/C14H9Cl3N2OS/c15-9-3-1-8(2-4-9)13(20)19-14(21)18-12-6-10(16)5-11(17)7-12/h1-7H,(H2,18,19,20,21). The Hall–Kier alpha value is -1.33. The van der Waals surface area contributed by atoms with Crippen LogP contribution in [0, 0.1) is 0 Å². The molecule has 0 saturated carbocycles. The van der Waals surface area contributed by atoms with Gasteiger partial charge in [0.2, 0.25) is 0 Å². The van der Waals surface area contributed by atoms with Gasteiger partial charge in [-0.25, -0.2) is 0 Å². The third-order valence-corrected chi connectivity index (χ3v) is 3.35. The monoisotopic (exact) mass is 358 g/mol. The van der Waals surface area contributed by atoms with Crippen molar-refractivity contribution in [2.75, 3.05) is 5.32 Å². The van der Waals surface area contributed by atoms with Crippen molar-refractivity contribution in [3.8, 4) is 0 Å². The Labute approximate surface area is 142 Å². The van der Waals surface area contributed by atoms with E-state index in [1.54, 1.807) is 42.5 Å².